The lowest BCUT2D eigenvalue weighted by molar-refractivity contribution is 0.346. The predicted octanol–water partition coefficient (Wildman–Crippen LogP) is 2.24. The van der Waals surface area contributed by atoms with Gasteiger partial charge in [0.05, 0.1) is 10.9 Å². The van der Waals surface area contributed by atoms with Crippen molar-refractivity contribution in [2.75, 3.05) is 0 Å². The summed E-state index contributed by atoms with van der Waals surface area (Å²) in [5, 5.41) is 4.36. The second-order valence-electron chi connectivity index (χ2n) is 3.94. The van der Waals surface area contributed by atoms with Gasteiger partial charge in [0.1, 0.15) is 5.69 Å². The molecular formula is C11H13ClN4O. The average Bonchev–Trinajstić information content (AvgIpc) is 2.77. The van der Waals surface area contributed by atoms with Crippen LogP contribution in [0.5, 0.6) is 0 Å². The van der Waals surface area contributed by atoms with E-state index >= 15 is 0 Å². The fourth-order valence-corrected chi connectivity index (χ4v) is 1.50. The zero-order valence-corrected chi connectivity index (χ0v) is 10.3. The monoisotopic (exact) mass is 252 g/mol. The van der Waals surface area contributed by atoms with Crippen molar-refractivity contribution in [3.05, 3.63) is 29.2 Å². The molecule has 2 unspecified atom stereocenters. The zero-order valence-electron chi connectivity index (χ0n) is 9.59. The number of halogens is 1. The van der Waals surface area contributed by atoms with Gasteiger partial charge in [-0.05, 0) is 19.1 Å². The highest BCUT2D eigenvalue weighted by Gasteiger charge is 2.19. The third-order valence-electron chi connectivity index (χ3n) is 2.59. The van der Waals surface area contributed by atoms with Crippen LogP contribution < -0.4 is 5.73 Å². The van der Waals surface area contributed by atoms with E-state index in [0.717, 1.165) is 0 Å². The van der Waals surface area contributed by atoms with Crippen molar-refractivity contribution >= 4 is 11.6 Å². The molecule has 17 heavy (non-hydrogen) atoms. The minimum absolute atomic E-state index is 0.00117. The molecule has 0 amide bonds. The summed E-state index contributed by atoms with van der Waals surface area (Å²) in [6, 6.07) is 3.43. The Morgan fingerprint density at radius 3 is 2.82 bits per heavy atom. The van der Waals surface area contributed by atoms with E-state index in [1.54, 1.807) is 18.3 Å². The third-order valence-corrected chi connectivity index (χ3v) is 2.90. The Morgan fingerprint density at radius 2 is 2.18 bits per heavy atom. The second kappa shape index (κ2) is 4.81. The normalized spacial score (nSPS) is 14.6. The lowest BCUT2D eigenvalue weighted by Crippen LogP contribution is -2.22. The minimum atomic E-state index is -0.0532. The van der Waals surface area contributed by atoms with E-state index in [2.05, 4.69) is 15.1 Å². The molecule has 0 radical (unpaired) electrons. The maximum atomic E-state index is 6.00. The summed E-state index contributed by atoms with van der Waals surface area (Å²) in [6.45, 7) is 3.82. The van der Waals surface area contributed by atoms with Gasteiger partial charge in [0.15, 0.2) is 0 Å². The van der Waals surface area contributed by atoms with Gasteiger partial charge in [-0.3, -0.25) is 4.98 Å². The van der Waals surface area contributed by atoms with Crippen molar-refractivity contribution in [1.29, 1.82) is 0 Å². The van der Waals surface area contributed by atoms with Crippen LogP contribution in [0.4, 0.5) is 0 Å². The highest BCUT2D eigenvalue weighted by atomic mass is 35.5. The van der Waals surface area contributed by atoms with E-state index in [-0.39, 0.29) is 12.0 Å². The van der Waals surface area contributed by atoms with E-state index < -0.39 is 0 Å². The summed E-state index contributed by atoms with van der Waals surface area (Å²) in [7, 11) is 0. The number of rotatable bonds is 3. The largest absolute Gasteiger partial charge is 0.339 e. The molecule has 0 aliphatic rings. The molecule has 2 heterocycles. The predicted molar refractivity (Wildman–Crippen MR) is 64.6 cm³/mol. The lowest BCUT2D eigenvalue weighted by atomic mass is 10.1. The van der Waals surface area contributed by atoms with Gasteiger partial charge >= 0.3 is 0 Å². The summed E-state index contributed by atoms with van der Waals surface area (Å²) in [5.74, 6) is 0.883. The number of aromatic nitrogens is 3. The highest BCUT2D eigenvalue weighted by molar-refractivity contribution is 6.32. The first kappa shape index (κ1) is 12.0. The van der Waals surface area contributed by atoms with Gasteiger partial charge in [0, 0.05) is 12.2 Å². The summed E-state index contributed by atoms with van der Waals surface area (Å²) in [6.07, 6.45) is 1.63. The maximum absolute atomic E-state index is 6.00. The molecule has 5 nitrogen and oxygen atoms in total. The van der Waals surface area contributed by atoms with Gasteiger partial charge in [0.25, 0.3) is 0 Å². The number of hydrogen-bond acceptors (Lipinski definition) is 5. The molecule has 2 aromatic rings. The number of pyridine rings is 1. The van der Waals surface area contributed by atoms with E-state index in [9.17, 15) is 0 Å². The lowest BCUT2D eigenvalue weighted by Gasteiger charge is -2.09. The number of nitrogens with two attached hydrogens (primary N) is 1. The molecule has 0 aliphatic heterocycles. The molecule has 2 rings (SSSR count). The second-order valence-corrected chi connectivity index (χ2v) is 4.35. The molecule has 2 aromatic heterocycles. The number of hydrogen-bond donors (Lipinski definition) is 1. The maximum Gasteiger partial charge on any atom is 0.231 e. The molecule has 0 saturated heterocycles. The highest BCUT2D eigenvalue weighted by Crippen LogP contribution is 2.24. The van der Waals surface area contributed by atoms with Crippen LogP contribution in [0.15, 0.2) is 22.9 Å². The Labute approximate surface area is 104 Å². The van der Waals surface area contributed by atoms with Gasteiger partial charge in [-0.2, -0.15) is 4.98 Å². The Morgan fingerprint density at radius 1 is 1.41 bits per heavy atom. The van der Waals surface area contributed by atoms with Gasteiger partial charge in [-0.1, -0.05) is 23.7 Å². The molecule has 0 spiro atoms. The molecule has 0 fully saturated rings. The molecular weight excluding hydrogens is 240 g/mol. The van der Waals surface area contributed by atoms with Crippen LogP contribution in [0.25, 0.3) is 11.5 Å². The summed E-state index contributed by atoms with van der Waals surface area (Å²) in [5.41, 5.74) is 6.29. The molecule has 0 aromatic carbocycles. The Hall–Kier alpha value is -1.46. The van der Waals surface area contributed by atoms with Gasteiger partial charge in [-0.25, -0.2) is 0 Å². The fraction of sp³-hybridized carbons (Fsp3) is 0.364. The summed E-state index contributed by atoms with van der Waals surface area (Å²) >= 11 is 6.00. The van der Waals surface area contributed by atoms with Crippen molar-refractivity contribution in [3.63, 3.8) is 0 Å². The van der Waals surface area contributed by atoms with Crippen molar-refractivity contribution in [3.8, 4) is 11.5 Å². The molecule has 2 atom stereocenters. The smallest absolute Gasteiger partial charge is 0.231 e. The van der Waals surface area contributed by atoms with Crippen LogP contribution in [-0.2, 0) is 0 Å². The van der Waals surface area contributed by atoms with Crippen molar-refractivity contribution < 1.29 is 4.52 Å². The van der Waals surface area contributed by atoms with Crippen molar-refractivity contribution in [1.82, 2.24) is 15.1 Å². The van der Waals surface area contributed by atoms with Crippen LogP contribution in [-0.4, -0.2) is 21.2 Å². The number of nitrogens with zero attached hydrogens (tertiary/aromatic N) is 3. The van der Waals surface area contributed by atoms with E-state index in [1.807, 2.05) is 13.8 Å². The minimum Gasteiger partial charge on any atom is -0.339 e. The van der Waals surface area contributed by atoms with Crippen molar-refractivity contribution in [2.24, 2.45) is 5.73 Å². The van der Waals surface area contributed by atoms with Crippen LogP contribution in [0, 0.1) is 0 Å². The quantitative estimate of drug-likeness (QED) is 0.906. The van der Waals surface area contributed by atoms with Crippen LogP contribution >= 0.6 is 11.6 Å². The SMILES string of the molecule is CC(N)C(C)c1nc(-c2ncccc2Cl)no1. The van der Waals surface area contributed by atoms with Crippen molar-refractivity contribution in [2.45, 2.75) is 25.8 Å². The third kappa shape index (κ3) is 2.45. The van der Waals surface area contributed by atoms with Gasteiger partial charge in [0.2, 0.25) is 11.7 Å². The molecule has 0 aliphatic carbocycles. The summed E-state index contributed by atoms with van der Waals surface area (Å²) in [4.78, 5) is 8.38. The average molecular weight is 253 g/mol. The standard InChI is InChI=1S/C11H13ClN4O/c1-6(7(2)13)11-15-10(16-17-11)9-8(12)4-3-5-14-9/h3-7H,13H2,1-2H3. The molecule has 6 heteroatoms. The first-order valence-electron chi connectivity index (χ1n) is 5.29. The molecule has 2 N–H and O–H groups in total. The van der Waals surface area contributed by atoms with Crippen LogP contribution in [0.2, 0.25) is 5.02 Å². The Balaban J connectivity index is 2.34. The van der Waals surface area contributed by atoms with Gasteiger partial charge in [-0.15, -0.1) is 0 Å². The molecule has 90 valence electrons. The summed E-state index contributed by atoms with van der Waals surface area (Å²) < 4.78 is 5.16. The van der Waals surface area contributed by atoms with Crippen LogP contribution in [0.1, 0.15) is 25.7 Å². The van der Waals surface area contributed by atoms with Gasteiger partial charge < -0.3 is 10.3 Å². The van der Waals surface area contributed by atoms with Crippen LogP contribution in [0.3, 0.4) is 0 Å². The van der Waals surface area contributed by atoms with E-state index in [4.69, 9.17) is 21.9 Å². The molecule has 0 bridgehead atoms. The van der Waals surface area contributed by atoms with E-state index in [1.165, 1.54) is 0 Å². The first-order valence-corrected chi connectivity index (χ1v) is 5.67. The molecule has 0 saturated carbocycles. The fourth-order valence-electron chi connectivity index (χ4n) is 1.29. The van der Waals surface area contributed by atoms with E-state index in [0.29, 0.717) is 22.4 Å². The first-order chi connectivity index (χ1) is 8.09. The zero-order chi connectivity index (χ0) is 12.4. The topological polar surface area (TPSA) is 77.8 Å². The Bertz CT molecular complexity index is 512. The Kier molecular flexibility index (Phi) is 3.40.